The molecule has 1 aromatic carbocycles. The molecule has 98 valence electrons. The minimum atomic E-state index is -0.505. The highest BCUT2D eigenvalue weighted by Gasteiger charge is 2.21. The van der Waals surface area contributed by atoms with E-state index in [4.69, 9.17) is 14.2 Å². The van der Waals surface area contributed by atoms with Crippen molar-refractivity contribution in [2.45, 2.75) is 26.6 Å². The molecule has 1 heterocycles. The van der Waals surface area contributed by atoms with Gasteiger partial charge in [-0.3, -0.25) is 4.79 Å². The molecule has 4 nitrogen and oxygen atoms in total. The summed E-state index contributed by atoms with van der Waals surface area (Å²) in [6, 6.07) is 3.73. The zero-order valence-corrected chi connectivity index (χ0v) is 10.8. The standard InChI is InChI=1S/C14H18O4/c1-3-16-14(17-4-2)12-8-13-10(5-6-18-13)7-11(12)9-15/h7-9,14H,3-6H2,1-2H3. The fraction of sp³-hybridized carbons (Fsp3) is 0.500. The van der Waals surface area contributed by atoms with Crippen molar-refractivity contribution in [1.29, 1.82) is 0 Å². The molecular weight excluding hydrogens is 232 g/mol. The van der Waals surface area contributed by atoms with Crippen LogP contribution in [0.3, 0.4) is 0 Å². The topological polar surface area (TPSA) is 44.8 Å². The second kappa shape index (κ2) is 5.98. The number of hydrogen-bond donors (Lipinski definition) is 0. The largest absolute Gasteiger partial charge is 0.493 e. The van der Waals surface area contributed by atoms with Gasteiger partial charge in [-0.1, -0.05) is 0 Å². The molecule has 0 N–H and O–H groups in total. The average molecular weight is 250 g/mol. The normalized spacial score (nSPS) is 13.5. The number of fused-ring (bicyclic) bond motifs is 1. The van der Waals surface area contributed by atoms with Gasteiger partial charge in [0, 0.05) is 30.8 Å². The van der Waals surface area contributed by atoms with Gasteiger partial charge in [0.15, 0.2) is 12.6 Å². The van der Waals surface area contributed by atoms with Gasteiger partial charge in [0.2, 0.25) is 0 Å². The van der Waals surface area contributed by atoms with E-state index in [9.17, 15) is 4.79 Å². The third-order valence-electron chi connectivity index (χ3n) is 2.91. The lowest BCUT2D eigenvalue weighted by atomic mass is 10.0. The average Bonchev–Trinajstić information content (AvgIpc) is 2.84. The molecule has 0 radical (unpaired) electrons. The molecule has 0 amide bonds. The van der Waals surface area contributed by atoms with Crippen LogP contribution in [0.5, 0.6) is 5.75 Å². The van der Waals surface area contributed by atoms with Gasteiger partial charge in [-0.25, -0.2) is 0 Å². The molecule has 4 heteroatoms. The molecule has 0 fully saturated rings. The van der Waals surface area contributed by atoms with Crippen LogP contribution < -0.4 is 4.74 Å². The van der Waals surface area contributed by atoms with Crippen molar-refractivity contribution in [2.75, 3.05) is 19.8 Å². The number of ether oxygens (including phenoxy) is 3. The van der Waals surface area contributed by atoms with Crippen molar-refractivity contribution in [2.24, 2.45) is 0 Å². The maximum atomic E-state index is 11.2. The van der Waals surface area contributed by atoms with Gasteiger partial charge in [0.25, 0.3) is 0 Å². The lowest BCUT2D eigenvalue weighted by Gasteiger charge is -2.19. The second-order valence-corrected chi connectivity index (χ2v) is 4.05. The summed E-state index contributed by atoms with van der Waals surface area (Å²) in [5.41, 5.74) is 2.44. The summed E-state index contributed by atoms with van der Waals surface area (Å²) in [4.78, 5) is 11.2. The lowest BCUT2D eigenvalue weighted by molar-refractivity contribution is -0.140. The Morgan fingerprint density at radius 1 is 1.33 bits per heavy atom. The van der Waals surface area contributed by atoms with Crippen LogP contribution in [-0.2, 0) is 15.9 Å². The van der Waals surface area contributed by atoms with E-state index in [1.165, 1.54) is 0 Å². The van der Waals surface area contributed by atoms with Crippen molar-refractivity contribution in [3.63, 3.8) is 0 Å². The summed E-state index contributed by atoms with van der Waals surface area (Å²) < 4.78 is 16.6. The molecule has 0 aliphatic carbocycles. The zero-order chi connectivity index (χ0) is 13.0. The van der Waals surface area contributed by atoms with Crippen LogP contribution in [0.4, 0.5) is 0 Å². The van der Waals surface area contributed by atoms with Crippen LogP contribution >= 0.6 is 0 Å². The fourth-order valence-corrected chi connectivity index (χ4v) is 2.10. The van der Waals surface area contributed by atoms with E-state index in [2.05, 4.69) is 0 Å². The van der Waals surface area contributed by atoms with Crippen LogP contribution in [0.25, 0.3) is 0 Å². The molecule has 0 bridgehead atoms. The van der Waals surface area contributed by atoms with E-state index in [1.807, 2.05) is 26.0 Å². The summed E-state index contributed by atoms with van der Waals surface area (Å²) in [6.45, 7) is 5.53. The van der Waals surface area contributed by atoms with Gasteiger partial charge in [-0.15, -0.1) is 0 Å². The number of benzene rings is 1. The first-order chi connectivity index (χ1) is 8.80. The van der Waals surface area contributed by atoms with Crippen LogP contribution in [0.1, 0.15) is 41.6 Å². The van der Waals surface area contributed by atoms with Gasteiger partial charge in [0.05, 0.1) is 6.61 Å². The second-order valence-electron chi connectivity index (χ2n) is 4.05. The monoisotopic (exact) mass is 250 g/mol. The Bertz CT molecular complexity index is 422. The predicted octanol–water partition coefficient (Wildman–Crippen LogP) is 2.51. The predicted molar refractivity (Wildman–Crippen MR) is 67.0 cm³/mol. The van der Waals surface area contributed by atoms with Crippen molar-refractivity contribution in [1.82, 2.24) is 0 Å². The molecule has 1 aliphatic heterocycles. The Balaban J connectivity index is 2.37. The van der Waals surface area contributed by atoms with E-state index in [-0.39, 0.29) is 0 Å². The maximum Gasteiger partial charge on any atom is 0.184 e. The maximum absolute atomic E-state index is 11.2. The first-order valence-corrected chi connectivity index (χ1v) is 6.28. The molecule has 1 aliphatic rings. The molecule has 0 aromatic heterocycles. The highest BCUT2D eigenvalue weighted by molar-refractivity contribution is 5.78. The molecule has 2 rings (SSSR count). The quantitative estimate of drug-likeness (QED) is 0.575. The Morgan fingerprint density at radius 2 is 2.06 bits per heavy atom. The van der Waals surface area contributed by atoms with Crippen molar-refractivity contribution in [3.05, 3.63) is 28.8 Å². The van der Waals surface area contributed by atoms with Gasteiger partial charge in [0.1, 0.15) is 5.75 Å². The van der Waals surface area contributed by atoms with Gasteiger partial charge >= 0.3 is 0 Å². The van der Waals surface area contributed by atoms with E-state index < -0.39 is 6.29 Å². The SMILES string of the molecule is CCOC(OCC)c1cc2c(cc1C=O)CCO2. The minimum absolute atomic E-state index is 0.505. The lowest BCUT2D eigenvalue weighted by Crippen LogP contribution is -2.11. The Kier molecular flexibility index (Phi) is 4.33. The summed E-state index contributed by atoms with van der Waals surface area (Å²) in [7, 11) is 0. The third kappa shape index (κ3) is 2.54. The molecular formula is C14H18O4. The number of hydrogen-bond acceptors (Lipinski definition) is 4. The van der Waals surface area contributed by atoms with Crippen molar-refractivity contribution < 1.29 is 19.0 Å². The molecule has 0 spiro atoms. The first-order valence-electron chi connectivity index (χ1n) is 6.28. The van der Waals surface area contributed by atoms with E-state index >= 15 is 0 Å². The smallest absolute Gasteiger partial charge is 0.184 e. The van der Waals surface area contributed by atoms with Crippen LogP contribution in [0.2, 0.25) is 0 Å². The van der Waals surface area contributed by atoms with Gasteiger partial charge in [-0.2, -0.15) is 0 Å². The van der Waals surface area contributed by atoms with Crippen molar-refractivity contribution >= 4 is 6.29 Å². The molecule has 18 heavy (non-hydrogen) atoms. The van der Waals surface area contributed by atoms with Gasteiger partial charge < -0.3 is 14.2 Å². The zero-order valence-electron chi connectivity index (χ0n) is 10.8. The molecule has 1 aromatic rings. The highest BCUT2D eigenvalue weighted by Crippen LogP contribution is 2.32. The Morgan fingerprint density at radius 3 is 2.67 bits per heavy atom. The number of carbonyl (C=O) groups is 1. The van der Waals surface area contributed by atoms with Gasteiger partial charge in [-0.05, 0) is 31.5 Å². The fourth-order valence-electron chi connectivity index (χ4n) is 2.10. The molecule has 0 atom stereocenters. The number of aldehydes is 1. The summed E-state index contributed by atoms with van der Waals surface area (Å²) >= 11 is 0. The van der Waals surface area contributed by atoms with E-state index in [0.29, 0.717) is 25.4 Å². The van der Waals surface area contributed by atoms with Crippen LogP contribution in [0.15, 0.2) is 12.1 Å². The summed E-state index contributed by atoms with van der Waals surface area (Å²) in [6.07, 6.45) is 1.19. The van der Waals surface area contributed by atoms with Crippen LogP contribution in [-0.4, -0.2) is 26.1 Å². The van der Waals surface area contributed by atoms with E-state index in [1.54, 1.807) is 0 Å². The Labute approximate surface area is 107 Å². The van der Waals surface area contributed by atoms with Crippen LogP contribution in [0, 0.1) is 0 Å². The molecule has 0 saturated carbocycles. The molecule has 0 unspecified atom stereocenters. The number of carbonyl (C=O) groups excluding carboxylic acids is 1. The third-order valence-corrected chi connectivity index (χ3v) is 2.91. The number of rotatable bonds is 6. The molecule has 0 saturated heterocycles. The first kappa shape index (κ1) is 13.1. The van der Waals surface area contributed by atoms with Crippen molar-refractivity contribution in [3.8, 4) is 5.75 Å². The summed E-state index contributed by atoms with van der Waals surface area (Å²) in [5, 5.41) is 0. The minimum Gasteiger partial charge on any atom is -0.493 e. The van der Waals surface area contributed by atoms with E-state index in [0.717, 1.165) is 29.6 Å². The Hall–Kier alpha value is -1.39. The highest BCUT2D eigenvalue weighted by atomic mass is 16.7. The summed E-state index contributed by atoms with van der Waals surface area (Å²) in [5.74, 6) is 0.833.